The van der Waals surface area contributed by atoms with Crippen molar-refractivity contribution in [2.75, 3.05) is 6.54 Å². The summed E-state index contributed by atoms with van der Waals surface area (Å²) in [6, 6.07) is -0.105. The lowest BCUT2D eigenvalue weighted by atomic mass is 10.3. The van der Waals surface area contributed by atoms with Gasteiger partial charge in [-0.25, -0.2) is 8.42 Å². The SMILES string of the molecule is Cc1[nH]nc(CO)c1S(=O)(=O)N(CC1CC1)C(C)C. The zero-order valence-corrected chi connectivity index (χ0v) is 12.4. The summed E-state index contributed by atoms with van der Waals surface area (Å²) in [5.74, 6) is 0.474. The molecule has 6 nitrogen and oxygen atoms in total. The van der Waals surface area contributed by atoms with Crippen LogP contribution in [0.4, 0.5) is 0 Å². The maximum Gasteiger partial charge on any atom is 0.247 e. The maximum atomic E-state index is 12.8. The maximum absolute atomic E-state index is 12.8. The molecule has 0 bridgehead atoms. The van der Waals surface area contributed by atoms with Gasteiger partial charge in [-0.1, -0.05) is 0 Å². The topological polar surface area (TPSA) is 86.3 Å². The number of sulfonamides is 1. The lowest BCUT2D eigenvalue weighted by Crippen LogP contribution is -2.39. The predicted molar refractivity (Wildman–Crippen MR) is 71.0 cm³/mol. The van der Waals surface area contributed by atoms with Crippen molar-refractivity contribution in [1.82, 2.24) is 14.5 Å². The van der Waals surface area contributed by atoms with Gasteiger partial charge in [0.15, 0.2) is 0 Å². The Hall–Kier alpha value is -0.920. The third-order valence-electron chi connectivity index (χ3n) is 3.39. The van der Waals surface area contributed by atoms with E-state index in [1.165, 1.54) is 4.31 Å². The van der Waals surface area contributed by atoms with E-state index in [4.69, 9.17) is 0 Å². The molecule has 1 fully saturated rings. The van der Waals surface area contributed by atoms with Crippen molar-refractivity contribution in [3.8, 4) is 0 Å². The Balaban J connectivity index is 2.40. The van der Waals surface area contributed by atoms with Crippen LogP contribution in [0.3, 0.4) is 0 Å². The molecule has 0 radical (unpaired) electrons. The van der Waals surface area contributed by atoms with E-state index in [0.717, 1.165) is 12.8 Å². The number of nitrogens with one attached hydrogen (secondary N) is 1. The Kier molecular flexibility index (Phi) is 3.98. The van der Waals surface area contributed by atoms with E-state index in [1.807, 2.05) is 13.8 Å². The quantitative estimate of drug-likeness (QED) is 0.818. The highest BCUT2D eigenvalue weighted by Gasteiger charge is 2.36. The zero-order chi connectivity index (χ0) is 14.2. The lowest BCUT2D eigenvalue weighted by molar-refractivity contribution is 0.272. The van der Waals surface area contributed by atoms with Crippen molar-refractivity contribution in [2.45, 2.75) is 51.2 Å². The summed E-state index contributed by atoms with van der Waals surface area (Å²) in [5.41, 5.74) is 0.671. The van der Waals surface area contributed by atoms with E-state index < -0.39 is 10.0 Å². The molecule has 1 aliphatic carbocycles. The molecule has 0 unspecified atom stereocenters. The molecule has 19 heavy (non-hydrogen) atoms. The van der Waals surface area contributed by atoms with Gasteiger partial charge < -0.3 is 5.11 Å². The molecule has 1 aromatic rings. The van der Waals surface area contributed by atoms with Crippen LogP contribution in [0.25, 0.3) is 0 Å². The minimum absolute atomic E-state index is 0.105. The van der Waals surface area contributed by atoms with Gasteiger partial charge in [0.05, 0.1) is 12.3 Å². The average Bonchev–Trinajstić information content (AvgIpc) is 3.07. The van der Waals surface area contributed by atoms with Gasteiger partial charge in [-0.05, 0) is 39.5 Å². The van der Waals surface area contributed by atoms with Gasteiger partial charge in [0.2, 0.25) is 10.0 Å². The highest BCUT2D eigenvalue weighted by atomic mass is 32.2. The van der Waals surface area contributed by atoms with Gasteiger partial charge in [-0.2, -0.15) is 9.40 Å². The molecule has 108 valence electrons. The van der Waals surface area contributed by atoms with E-state index >= 15 is 0 Å². The minimum Gasteiger partial charge on any atom is -0.390 e. The molecule has 1 aromatic heterocycles. The molecule has 0 spiro atoms. The Morgan fingerprint density at radius 1 is 1.47 bits per heavy atom. The normalized spacial score (nSPS) is 16.5. The first-order valence-corrected chi connectivity index (χ1v) is 7.98. The predicted octanol–water partition coefficient (Wildman–Crippen LogP) is 1.02. The van der Waals surface area contributed by atoms with Gasteiger partial charge in [-0.15, -0.1) is 0 Å². The zero-order valence-electron chi connectivity index (χ0n) is 11.5. The minimum atomic E-state index is -3.61. The molecule has 0 aromatic carbocycles. The number of rotatable bonds is 6. The summed E-state index contributed by atoms with van der Waals surface area (Å²) in [5, 5.41) is 15.7. The van der Waals surface area contributed by atoms with Crippen molar-refractivity contribution in [1.29, 1.82) is 0 Å². The number of hydrogen-bond donors (Lipinski definition) is 2. The second kappa shape index (κ2) is 5.22. The molecule has 0 aliphatic heterocycles. The Morgan fingerprint density at radius 2 is 2.11 bits per heavy atom. The van der Waals surface area contributed by atoms with Gasteiger partial charge in [0.25, 0.3) is 0 Å². The van der Waals surface area contributed by atoms with Crippen LogP contribution in [0.1, 0.15) is 38.1 Å². The summed E-state index contributed by atoms with van der Waals surface area (Å²) in [6.07, 6.45) is 2.19. The third kappa shape index (κ3) is 2.82. The Labute approximate surface area is 113 Å². The highest BCUT2D eigenvalue weighted by Crippen LogP contribution is 2.33. The van der Waals surface area contributed by atoms with Crippen molar-refractivity contribution in [2.24, 2.45) is 5.92 Å². The molecule has 1 saturated carbocycles. The first-order chi connectivity index (χ1) is 8.87. The van der Waals surface area contributed by atoms with Crippen molar-refractivity contribution < 1.29 is 13.5 Å². The highest BCUT2D eigenvalue weighted by molar-refractivity contribution is 7.89. The molecule has 0 amide bonds. The fourth-order valence-corrected chi connectivity index (χ4v) is 4.21. The Morgan fingerprint density at radius 3 is 2.58 bits per heavy atom. The van der Waals surface area contributed by atoms with Crippen LogP contribution in [0.5, 0.6) is 0 Å². The summed E-state index contributed by atoms with van der Waals surface area (Å²) in [4.78, 5) is 0.129. The van der Waals surface area contributed by atoms with Crippen LogP contribution in [0, 0.1) is 12.8 Å². The number of hydrogen-bond acceptors (Lipinski definition) is 4. The molecule has 7 heteroatoms. The fraction of sp³-hybridized carbons (Fsp3) is 0.750. The van der Waals surface area contributed by atoms with Crippen molar-refractivity contribution in [3.63, 3.8) is 0 Å². The average molecular weight is 287 g/mol. The lowest BCUT2D eigenvalue weighted by Gasteiger charge is -2.26. The number of aryl methyl sites for hydroxylation is 1. The van der Waals surface area contributed by atoms with E-state index in [1.54, 1.807) is 6.92 Å². The molecule has 1 heterocycles. The molecule has 1 aliphatic rings. The number of aromatic nitrogens is 2. The standard InChI is InChI=1S/C12H21N3O3S/c1-8(2)15(6-10-4-5-10)19(17,18)12-9(3)13-14-11(12)7-16/h8,10,16H,4-7H2,1-3H3,(H,13,14). The largest absolute Gasteiger partial charge is 0.390 e. The second-order valence-corrected chi connectivity index (χ2v) is 7.22. The molecular weight excluding hydrogens is 266 g/mol. The molecule has 0 atom stereocenters. The molecule has 0 saturated heterocycles. The fourth-order valence-electron chi connectivity index (χ4n) is 2.18. The van der Waals surface area contributed by atoms with E-state index in [0.29, 0.717) is 18.2 Å². The Bertz CT molecular complexity index is 547. The van der Waals surface area contributed by atoms with Gasteiger partial charge in [0.1, 0.15) is 10.6 Å². The van der Waals surface area contributed by atoms with Crippen LogP contribution in [0.15, 0.2) is 4.90 Å². The molecular formula is C12H21N3O3S. The van der Waals surface area contributed by atoms with Crippen LogP contribution in [0.2, 0.25) is 0 Å². The summed E-state index contributed by atoms with van der Waals surface area (Å²) < 4.78 is 27.0. The first kappa shape index (κ1) is 14.5. The number of aromatic amines is 1. The number of aliphatic hydroxyl groups is 1. The van der Waals surface area contributed by atoms with Crippen LogP contribution in [-0.2, 0) is 16.6 Å². The summed E-state index contributed by atoms with van der Waals surface area (Å²) in [7, 11) is -3.61. The van der Waals surface area contributed by atoms with Gasteiger partial charge in [0, 0.05) is 12.6 Å². The van der Waals surface area contributed by atoms with Crippen LogP contribution >= 0.6 is 0 Å². The van der Waals surface area contributed by atoms with Crippen LogP contribution < -0.4 is 0 Å². The van der Waals surface area contributed by atoms with Crippen molar-refractivity contribution in [3.05, 3.63) is 11.4 Å². The summed E-state index contributed by atoms with van der Waals surface area (Å²) in [6.45, 7) is 5.57. The number of aliphatic hydroxyl groups excluding tert-OH is 1. The van der Waals surface area contributed by atoms with Gasteiger partial charge >= 0.3 is 0 Å². The molecule has 2 rings (SSSR count). The van der Waals surface area contributed by atoms with Gasteiger partial charge in [-0.3, -0.25) is 5.10 Å². The van der Waals surface area contributed by atoms with Crippen molar-refractivity contribution >= 4 is 10.0 Å². The number of nitrogens with zero attached hydrogens (tertiary/aromatic N) is 2. The number of H-pyrrole nitrogens is 1. The van der Waals surface area contributed by atoms with E-state index in [9.17, 15) is 13.5 Å². The van der Waals surface area contributed by atoms with Crippen LogP contribution in [-0.4, -0.2) is 40.6 Å². The third-order valence-corrected chi connectivity index (χ3v) is 5.63. The van der Waals surface area contributed by atoms with E-state index in [2.05, 4.69) is 10.2 Å². The first-order valence-electron chi connectivity index (χ1n) is 6.54. The smallest absolute Gasteiger partial charge is 0.247 e. The monoisotopic (exact) mass is 287 g/mol. The van der Waals surface area contributed by atoms with E-state index in [-0.39, 0.29) is 23.2 Å². The molecule has 2 N–H and O–H groups in total. The summed E-state index contributed by atoms with van der Waals surface area (Å²) >= 11 is 0. The second-order valence-electron chi connectivity index (χ2n) is 5.39.